The number of hydrogen-bond donors (Lipinski definition) is 2. The average Bonchev–Trinajstić information content (AvgIpc) is 2.27. The molecule has 4 unspecified atom stereocenters. The normalized spacial score (nSPS) is 48.0. The van der Waals surface area contributed by atoms with Gasteiger partial charge in [0, 0.05) is 12.1 Å². The van der Waals surface area contributed by atoms with Crippen molar-refractivity contribution in [2.75, 3.05) is 0 Å². The summed E-state index contributed by atoms with van der Waals surface area (Å²) < 4.78 is 0. The average molecular weight is 279 g/mol. The maximum atomic E-state index is 6.75. The van der Waals surface area contributed by atoms with Crippen LogP contribution in [0.5, 0.6) is 0 Å². The molecule has 2 aliphatic carbocycles. The van der Waals surface area contributed by atoms with Gasteiger partial charge in [0.15, 0.2) is 0 Å². The van der Waals surface area contributed by atoms with Crippen molar-refractivity contribution in [1.82, 2.24) is 0 Å². The van der Waals surface area contributed by atoms with Crippen LogP contribution in [0.4, 0.5) is 0 Å². The molecule has 0 aliphatic heterocycles. The maximum absolute atomic E-state index is 6.75. The topological polar surface area (TPSA) is 52.0 Å². The Bertz CT molecular complexity index is 248. The van der Waals surface area contributed by atoms with E-state index in [1.165, 1.54) is 25.7 Å². The molecule has 0 spiro atoms. The molecule has 4 heteroatoms. The quantitative estimate of drug-likeness (QED) is 0.763. The van der Waals surface area contributed by atoms with Crippen LogP contribution < -0.4 is 11.5 Å². The van der Waals surface area contributed by atoms with Gasteiger partial charge in [-0.25, -0.2) is 0 Å². The molecular weight excluding hydrogens is 255 g/mol. The molecule has 4 atom stereocenters. The van der Waals surface area contributed by atoms with Crippen LogP contribution in [0.25, 0.3) is 0 Å². The van der Waals surface area contributed by atoms with E-state index in [-0.39, 0.29) is 21.8 Å². The lowest BCUT2D eigenvalue weighted by molar-refractivity contribution is 0.240. The first-order chi connectivity index (χ1) is 7.96. The summed E-state index contributed by atoms with van der Waals surface area (Å²) in [5, 5.41) is 0. The van der Waals surface area contributed by atoms with Crippen molar-refractivity contribution in [3.8, 4) is 0 Å². The molecule has 0 heterocycles. The van der Waals surface area contributed by atoms with E-state index in [0.717, 1.165) is 32.1 Å². The maximum Gasteiger partial charge on any atom is 0.0614 e. The summed E-state index contributed by atoms with van der Waals surface area (Å²) in [4.78, 5) is -0.649. The zero-order chi connectivity index (χ0) is 12.5. The summed E-state index contributed by atoms with van der Waals surface area (Å²) in [5.41, 5.74) is 12.4. The van der Waals surface area contributed by atoms with Crippen LogP contribution in [-0.2, 0) is 0 Å². The monoisotopic (exact) mass is 278 g/mol. The smallest absolute Gasteiger partial charge is 0.0614 e. The van der Waals surface area contributed by atoms with E-state index in [4.69, 9.17) is 34.7 Å². The van der Waals surface area contributed by atoms with E-state index >= 15 is 0 Å². The van der Waals surface area contributed by atoms with Gasteiger partial charge in [-0.15, -0.1) is 23.2 Å². The molecule has 0 amide bonds. The van der Waals surface area contributed by atoms with Crippen LogP contribution in [0.3, 0.4) is 0 Å². The fourth-order valence-electron chi connectivity index (χ4n) is 3.38. The second kappa shape index (κ2) is 5.24. The third kappa shape index (κ3) is 2.91. The number of rotatable bonds is 2. The Balaban J connectivity index is 2.07. The molecular formula is C13H24Cl2N2. The van der Waals surface area contributed by atoms with Crippen molar-refractivity contribution >= 4 is 23.2 Å². The number of halogens is 2. The zero-order valence-corrected chi connectivity index (χ0v) is 11.9. The predicted octanol–water partition coefficient (Wildman–Crippen LogP) is 3.13. The minimum Gasteiger partial charge on any atom is -0.326 e. The fourth-order valence-corrected chi connectivity index (χ4v) is 4.41. The highest BCUT2D eigenvalue weighted by Gasteiger charge is 2.47. The van der Waals surface area contributed by atoms with Gasteiger partial charge in [-0.2, -0.15) is 0 Å². The van der Waals surface area contributed by atoms with Crippen LogP contribution >= 0.6 is 23.2 Å². The summed E-state index contributed by atoms with van der Waals surface area (Å²) in [5.74, 6) is 0. The van der Waals surface area contributed by atoms with Gasteiger partial charge in [-0.05, 0) is 32.1 Å². The van der Waals surface area contributed by atoms with Gasteiger partial charge in [0.25, 0.3) is 0 Å². The Kier molecular flexibility index (Phi) is 4.29. The number of hydrogen-bond acceptors (Lipinski definition) is 2. The third-order valence-electron chi connectivity index (χ3n) is 4.63. The first kappa shape index (κ1) is 13.9. The Hall–Kier alpha value is 0.500. The van der Waals surface area contributed by atoms with Crippen molar-refractivity contribution in [3.63, 3.8) is 0 Å². The van der Waals surface area contributed by atoms with Gasteiger partial charge in [-0.3, -0.25) is 0 Å². The lowest BCUT2D eigenvalue weighted by atomic mass is 9.72. The van der Waals surface area contributed by atoms with E-state index in [9.17, 15) is 0 Å². The van der Waals surface area contributed by atoms with Crippen LogP contribution in [0.15, 0.2) is 0 Å². The Labute approximate surface area is 114 Å². The first-order valence-electron chi connectivity index (χ1n) is 6.85. The van der Waals surface area contributed by atoms with Gasteiger partial charge in [0.2, 0.25) is 0 Å². The van der Waals surface area contributed by atoms with Crippen molar-refractivity contribution in [3.05, 3.63) is 0 Å². The standard InChI is InChI=1S/C13H24Cl2N2/c14-12(7-3-1-5-10(12)16)9-13(15)8-4-2-6-11(13)17/h10-11H,1-9,16-17H2. The predicted molar refractivity (Wildman–Crippen MR) is 74.7 cm³/mol. The largest absolute Gasteiger partial charge is 0.326 e. The number of nitrogens with two attached hydrogens (primary N) is 2. The lowest BCUT2D eigenvalue weighted by Crippen LogP contribution is -2.55. The van der Waals surface area contributed by atoms with Gasteiger partial charge >= 0.3 is 0 Å². The summed E-state index contributed by atoms with van der Waals surface area (Å²) in [6.07, 6.45) is 9.49. The van der Waals surface area contributed by atoms with E-state index < -0.39 is 0 Å². The summed E-state index contributed by atoms with van der Waals surface area (Å²) >= 11 is 13.5. The minimum atomic E-state index is -0.324. The van der Waals surface area contributed by atoms with Crippen LogP contribution in [0.1, 0.15) is 57.8 Å². The van der Waals surface area contributed by atoms with E-state index in [0.29, 0.717) is 0 Å². The molecule has 4 N–H and O–H groups in total. The summed E-state index contributed by atoms with van der Waals surface area (Å²) in [6.45, 7) is 0. The Morgan fingerprint density at radius 1 is 0.824 bits per heavy atom. The number of alkyl halides is 2. The molecule has 2 saturated carbocycles. The van der Waals surface area contributed by atoms with Crippen molar-refractivity contribution in [2.45, 2.75) is 79.6 Å². The van der Waals surface area contributed by atoms with E-state index in [2.05, 4.69) is 0 Å². The highest BCUT2D eigenvalue weighted by molar-refractivity contribution is 6.28. The summed E-state index contributed by atoms with van der Waals surface area (Å²) in [6, 6.07) is 0.144. The van der Waals surface area contributed by atoms with Gasteiger partial charge < -0.3 is 11.5 Å². The van der Waals surface area contributed by atoms with Crippen molar-refractivity contribution < 1.29 is 0 Å². The second-order valence-corrected chi connectivity index (χ2v) is 7.46. The molecule has 2 aliphatic rings. The zero-order valence-electron chi connectivity index (χ0n) is 10.4. The van der Waals surface area contributed by atoms with Crippen molar-refractivity contribution in [2.24, 2.45) is 11.5 Å². The van der Waals surface area contributed by atoms with Gasteiger partial charge in [0.1, 0.15) is 0 Å². The third-order valence-corrected chi connectivity index (χ3v) is 5.84. The molecule has 0 aromatic carbocycles. The molecule has 17 heavy (non-hydrogen) atoms. The fraction of sp³-hybridized carbons (Fsp3) is 1.00. The van der Waals surface area contributed by atoms with E-state index in [1.54, 1.807) is 0 Å². The van der Waals surface area contributed by atoms with Gasteiger partial charge in [0.05, 0.1) is 9.75 Å². The molecule has 0 radical (unpaired) electrons. The lowest BCUT2D eigenvalue weighted by Gasteiger charge is -2.46. The van der Waals surface area contributed by atoms with Crippen molar-refractivity contribution in [1.29, 1.82) is 0 Å². The molecule has 0 bridgehead atoms. The minimum absolute atomic E-state index is 0.0719. The highest BCUT2D eigenvalue weighted by atomic mass is 35.5. The molecule has 2 rings (SSSR count). The summed E-state index contributed by atoms with van der Waals surface area (Å²) in [7, 11) is 0. The Morgan fingerprint density at radius 2 is 1.24 bits per heavy atom. The molecule has 100 valence electrons. The van der Waals surface area contributed by atoms with Gasteiger partial charge in [-0.1, -0.05) is 25.7 Å². The SMILES string of the molecule is NC1CCCCC1(Cl)CC1(Cl)CCCCC1N. The molecule has 0 aromatic rings. The van der Waals surface area contributed by atoms with E-state index in [1.807, 2.05) is 0 Å². The molecule has 2 nitrogen and oxygen atoms in total. The molecule has 0 aromatic heterocycles. The van der Waals surface area contributed by atoms with Crippen LogP contribution in [0, 0.1) is 0 Å². The Morgan fingerprint density at radius 3 is 1.59 bits per heavy atom. The second-order valence-electron chi connectivity index (χ2n) is 5.95. The van der Waals surface area contributed by atoms with Crippen LogP contribution in [-0.4, -0.2) is 21.8 Å². The molecule has 0 saturated heterocycles. The first-order valence-corrected chi connectivity index (χ1v) is 7.61. The molecule has 2 fully saturated rings. The highest BCUT2D eigenvalue weighted by Crippen LogP contribution is 2.46. The van der Waals surface area contributed by atoms with Crippen LogP contribution in [0.2, 0.25) is 0 Å².